The van der Waals surface area contributed by atoms with Gasteiger partial charge in [-0.05, 0) is 37.6 Å². The van der Waals surface area contributed by atoms with Crippen LogP contribution in [0.15, 0.2) is 24.3 Å². The second kappa shape index (κ2) is 3.69. The number of nitrogens with one attached hydrogen (secondary N) is 1. The molecule has 0 amide bonds. The van der Waals surface area contributed by atoms with E-state index in [9.17, 15) is 0 Å². The van der Waals surface area contributed by atoms with E-state index < -0.39 is 0 Å². The van der Waals surface area contributed by atoms with Crippen LogP contribution in [0, 0.1) is 0 Å². The smallest absolute Gasteiger partial charge is 0.0406 e. The molecule has 1 heterocycles. The third kappa shape index (κ3) is 1.87. The maximum atomic E-state index is 5.84. The van der Waals surface area contributed by atoms with Gasteiger partial charge in [-0.25, -0.2) is 0 Å². The molecule has 2 heteroatoms. The molecule has 2 rings (SSSR count). The molecule has 0 radical (unpaired) electrons. The molecule has 0 bridgehead atoms. The van der Waals surface area contributed by atoms with Gasteiger partial charge in [-0.3, -0.25) is 0 Å². The lowest BCUT2D eigenvalue weighted by Crippen LogP contribution is -2.21. The fraction of sp³-hybridized carbons (Fsp3) is 0.455. The highest BCUT2D eigenvalue weighted by molar-refractivity contribution is 6.30. The van der Waals surface area contributed by atoms with Crippen molar-refractivity contribution in [2.24, 2.45) is 0 Å². The molecule has 0 aromatic heterocycles. The molecule has 70 valence electrons. The third-order valence-electron chi connectivity index (χ3n) is 2.82. The van der Waals surface area contributed by atoms with Crippen LogP contribution in [0.2, 0.25) is 5.02 Å². The SMILES string of the molecule is CC1NCCC1c1ccc(Cl)cc1. The molecular weight excluding hydrogens is 182 g/mol. The normalized spacial score (nSPS) is 27.8. The number of benzene rings is 1. The molecule has 0 saturated carbocycles. The van der Waals surface area contributed by atoms with Crippen molar-refractivity contribution in [1.29, 1.82) is 0 Å². The molecule has 1 fully saturated rings. The van der Waals surface area contributed by atoms with E-state index in [1.807, 2.05) is 12.1 Å². The Morgan fingerprint density at radius 3 is 2.54 bits per heavy atom. The minimum Gasteiger partial charge on any atom is -0.314 e. The van der Waals surface area contributed by atoms with Crippen molar-refractivity contribution < 1.29 is 0 Å². The zero-order valence-electron chi connectivity index (χ0n) is 7.76. The first-order chi connectivity index (χ1) is 6.27. The maximum absolute atomic E-state index is 5.84. The van der Waals surface area contributed by atoms with Crippen molar-refractivity contribution >= 4 is 11.6 Å². The van der Waals surface area contributed by atoms with Gasteiger partial charge in [0.2, 0.25) is 0 Å². The maximum Gasteiger partial charge on any atom is 0.0406 e. The highest BCUT2D eigenvalue weighted by Crippen LogP contribution is 2.28. The molecule has 1 aliphatic rings. The van der Waals surface area contributed by atoms with Crippen LogP contribution in [0.5, 0.6) is 0 Å². The second-order valence-corrected chi connectivity index (χ2v) is 4.13. The minimum atomic E-state index is 0.598. The van der Waals surface area contributed by atoms with Gasteiger partial charge in [0.05, 0.1) is 0 Å². The third-order valence-corrected chi connectivity index (χ3v) is 3.08. The van der Waals surface area contributed by atoms with Gasteiger partial charge in [0.15, 0.2) is 0 Å². The average molecular weight is 196 g/mol. The molecule has 2 atom stereocenters. The van der Waals surface area contributed by atoms with E-state index in [1.54, 1.807) is 0 Å². The Labute approximate surface area is 84.1 Å². The highest BCUT2D eigenvalue weighted by atomic mass is 35.5. The Bertz CT molecular complexity index is 281. The summed E-state index contributed by atoms with van der Waals surface area (Å²) in [5, 5.41) is 4.27. The van der Waals surface area contributed by atoms with E-state index in [4.69, 9.17) is 11.6 Å². The van der Waals surface area contributed by atoms with Crippen LogP contribution in [-0.4, -0.2) is 12.6 Å². The number of rotatable bonds is 1. The standard InChI is InChI=1S/C11H14ClN/c1-8-11(6-7-13-8)9-2-4-10(12)5-3-9/h2-5,8,11,13H,6-7H2,1H3. The van der Waals surface area contributed by atoms with Crippen molar-refractivity contribution in [3.8, 4) is 0 Å². The molecule has 1 aromatic carbocycles. The molecule has 1 N–H and O–H groups in total. The Hall–Kier alpha value is -0.530. The van der Waals surface area contributed by atoms with Gasteiger partial charge >= 0.3 is 0 Å². The Morgan fingerprint density at radius 2 is 2.00 bits per heavy atom. The van der Waals surface area contributed by atoms with Gasteiger partial charge in [0.1, 0.15) is 0 Å². The molecular formula is C11H14ClN. The zero-order valence-corrected chi connectivity index (χ0v) is 8.51. The number of hydrogen-bond acceptors (Lipinski definition) is 1. The summed E-state index contributed by atoms with van der Waals surface area (Å²) in [6.07, 6.45) is 1.24. The second-order valence-electron chi connectivity index (χ2n) is 3.69. The van der Waals surface area contributed by atoms with Gasteiger partial charge in [0, 0.05) is 17.0 Å². The molecule has 1 nitrogen and oxygen atoms in total. The summed E-state index contributed by atoms with van der Waals surface area (Å²) in [7, 11) is 0. The van der Waals surface area contributed by atoms with Crippen molar-refractivity contribution in [3.63, 3.8) is 0 Å². The molecule has 0 aliphatic carbocycles. The first-order valence-electron chi connectivity index (χ1n) is 4.76. The molecule has 2 unspecified atom stereocenters. The lowest BCUT2D eigenvalue weighted by atomic mass is 9.93. The molecule has 1 aromatic rings. The Morgan fingerprint density at radius 1 is 1.31 bits per heavy atom. The summed E-state index contributed by atoms with van der Waals surface area (Å²) in [5.74, 6) is 0.664. The summed E-state index contributed by atoms with van der Waals surface area (Å²) in [6.45, 7) is 3.38. The first-order valence-corrected chi connectivity index (χ1v) is 5.14. The monoisotopic (exact) mass is 195 g/mol. The van der Waals surface area contributed by atoms with E-state index >= 15 is 0 Å². The van der Waals surface area contributed by atoms with Gasteiger partial charge in [-0.2, -0.15) is 0 Å². The summed E-state index contributed by atoms with van der Waals surface area (Å²) in [6, 6.07) is 8.82. The zero-order chi connectivity index (χ0) is 9.26. The summed E-state index contributed by atoms with van der Waals surface area (Å²) in [5.41, 5.74) is 1.40. The van der Waals surface area contributed by atoms with E-state index in [0.29, 0.717) is 12.0 Å². The van der Waals surface area contributed by atoms with Crippen LogP contribution in [-0.2, 0) is 0 Å². The molecule has 0 spiro atoms. The van der Waals surface area contributed by atoms with E-state index in [-0.39, 0.29) is 0 Å². The lowest BCUT2D eigenvalue weighted by molar-refractivity contribution is 0.594. The minimum absolute atomic E-state index is 0.598. The molecule has 1 saturated heterocycles. The van der Waals surface area contributed by atoms with Crippen LogP contribution in [0.1, 0.15) is 24.8 Å². The fourth-order valence-electron chi connectivity index (χ4n) is 2.02. The Kier molecular flexibility index (Phi) is 2.56. The number of hydrogen-bond donors (Lipinski definition) is 1. The van der Waals surface area contributed by atoms with Gasteiger partial charge in [-0.1, -0.05) is 23.7 Å². The molecule has 13 heavy (non-hydrogen) atoms. The van der Waals surface area contributed by atoms with Crippen LogP contribution in [0.25, 0.3) is 0 Å². The van der Waals surface area contributed by atoms with Crippen LogP contribution >= 0.6 is 11.6 Å². The Balaban J connectivity index is 2.20. The predicted molar refractivity (Wildman–Crippen MR) is 56.3 cm³/mol. The van der Waals surface area contributed by atoms with Gasteiger partial charge < -0.3 is 5.32 Å². The summed E-state index contributed by atoms with van der Waals surface area (Å²) < 4.78 is 0. The van der Waals surface area contributed by atoms with E-state index in [2.05, 4.69) is 24.4 Å². The average Bonchev–Trinajstić information content (AvgIpc) is 2.53. The van der Waals surface area contributed by atoms with Crippen molar-refractivity contribution in [2.45, 2.75) is 25.3 Å². The predicted octanol–water partition coefficient (Wildman–Crippen LogP) is 2.81. The number of halogens is 1. The van der Waals surface area contributed by atoms with Crippen molar-refractivity contribution in [1.82, 2.24) is 5.32 Å². The van der Waals surface area contributed by atoms with Gasteiger partial charge in [0.25, 0.3) is 0 Å². The largest absolute Gasteiger partial charge is 0.314 e. The summed E-state index contributed by atoms with van der Waals surface area (Å²) >= 11 is 5.84. The van der Waals surface area contributed by atoms with Crippen molar-refractivity contribution in [3.05, 3.63) is 34.9 Å². The quantitative estimate of drug-likeness (QED) is 0.727. The highest BCUT2D eigenvalue weighted by Gasteiger charge is 2.23. The lowest BCUT2D eigenvalue weighted by Gasteiger charge is -2.15. The van der Waals surface area contributed by atoms with E-state index in [1.165, 1.54) is 12.0 Å². The topological polar surface area (TPSA) is 12.0 Å². The first kappa shape index (κ1) is 9.04. The van der Waals surface area contributed by atoms with Crippen LogP contribution in [0.4, 0.5) is 0 Å². The van der Waals surface area contributed by atoms with Crippen LogP contribution in [0.3, 0.4) is 0 Å². The summed E-state index contributed by atoms with van der Waals surface area (Å²) in [4.78, 5) is 0. The van der Waals surface area contributed by atoms with Gasteiger partial charge in [-0.15, -0.1) is 0 Å². The van der Waals surface area contributed by atoms with E-state index in [0.717, 1.165) is 11.6 Å². The van der Waals surface area contributed by atoms with Crippen LogP contribution < -0.4 is 5.32 Å². The fourth-order valence-corrected chi connectivity index (χ4v) is 2.15. The molecule has 1 aliphatic heterocycles. The van der Waals surface area contributed by atoms with Crippen molar-refractivity contribution in [2.75, 3.05) is 6.54 Å².